The predicted octanol–water partition coefficient (Wildman–Crippen LogP) is 1.62. The Hall–Kier alpha value is -1.28. The van der Waals surface area contributed by atoms with E-state index in [-0.39, 0.29) is 24.8 Å². The zero-order valence-electron chi connectivity index (χ0n) is 11.9. The van der Waals surface area contributed by atoms with E-state index in [4.69, 9.17) is 11.5 Å². The number of carbonyl (C=O) groups excluding carboxylic acids is 1. The lowest BCUT2D eigenvalue weighted by molar-refractivity contribution is 0.100. The molecule has 122 valence electrons. The number of anilines is 2. The number of carbonyl (C=O) groups is 1. The molecule has 0 atom stereocenters. The molecule has 9 heteroatoms. The molecule has 22 heavy (non-hydrogen) atoms. The molecule has 2 aromatic rings. The number of primary amides is 1. The van der Waals surface area contributed by atoms with Crippen molar-refractivity contribution in [1.82, 2.24) is 10.3 Å². The molecule has 2 aromatic heterocycles. The quantitative estimate of drug-likeness (QED) is 0.752. The van der Waals surface area contributed by atoms with Crippen LogP contribution in [0.3, 0.4) is 0 Å². The van der Waals surface area contributed by atoms with Gasteiger partial charge in [0, 0.05) is 25.8 Å². The second-order valence-corrected chi connectivity index (χ2v) is 5.81. The second-order valence-electron chi connectivity index (χ2n) is 4.81. The van der Waals surface area contributed by atoms with Gasteiger partial charge in [0.05, 0.1) is 16.8 Å². The number of fused-ring (bicyclic) bond motifs is 1. The van der Waals surface area contributed by atoms with Crippen molar-refractivity contribution in [3.63, 3.8) is 0 Å². The molecule has 0 radical (unpaired) electrons. The molecule has 3 heterocycles. The van der Waals surface area contributed by atoms with Gasteiger partial charge in [-0.1, -0.05) is 0 Å². The lowest BCUT2D eigenvalue weighted by atomic mass is 10.2. The second kappa shape index (κ2) is 7.82. The van der Waals surface area contributed by atoms with E-state index < -0.39 is 5.91 Å². The molecule has 0 aromatic carbocycles. The SMILES string of the molecule is Cl.Cl.NC(=O)c1sc2nccc(N3CCCNCC3)c2c1N. The number of halogens is 2. The van der Waals surface area contributed by atoms with Gasteiger partial charge in [0.15, 0.2) is 0 Å². The van der Waals surface area contributed by atoms with Gasteiger partial charge in [0.25, 0.3) is 5.91 Å². The Bertz CT molecular complexity index is 655. The molecule has 1 aliphatic heterocycles. The van der Waals surface area contributed by atoms with Crippen molar-refractivity contribution in [2.45, 2.75) is 6.42 Å². The number of nitrogens with two attached hydrogens (primary N) is 2. The number of nitrogens with zero attached hydrogens (tertiary/aromatic N) is 2. The molecule has 0 bridgehead atoms. The van der Waals surface area contributed by atoms with Gasteiger partial charge in [-0.3, -0.25) is 4.79 Å². The van der Waals surface area contributed by atoms with Crippen LogP contribution in [0.2, 0.25) is 0 Å². The van der Waals surface area contributed by atoms with E-state index >= 15 is 0 Å². The summed E-state index contributed by atoms with van der Waals surface area (Å²) in [5.74, 6) is -0.492. The molecule has 1 fully saturated rings. The third kappa shape index (κ3) is 3.38. The highest BCUT2D eigenvalue weighted by atomic mass is 35.5. The first kappa shape index (κ1) is 18.8. The number of rotatable bonds is 2. The molecule has 3 rings (SSSR count). The average Bonchev–Trinajstić information content (AvgIpc) is 2.64. The third-order valence-electron chi connectivity index (χ3n) is 3.51. The third-order valence-corrected chi connectivity index (χ3v) is 4.64. The number of hydrogen-bond acceptors (Lipinski definition) is 6. The molecule has 0 saturated carbocycles. The van der Waals surface area contributed by atoms with Gasteiger partial charge in [0.2, 0.25) is 0 Å². The molecule has 6 nitrogen and oxygen atoms in total. The Labute approximate surface area is 145 Å². The molecular weight excluding hydrogens is 345 g/mol. The first-order valence-electron chi connectivity index (χ1n) is 6.61. The van der Waals surface area contributed by atoms with Crippen molar-refractivity contribution in [2.75, 3.05) is 36.8 Å². The van der Waals surface area contributed by atoms with Crippen LogP contribution in [0.15, 0.2) is 12.3 Å². The number of thiophene rings is 1. The van der Waals surface area contributed by atoms with Crippen LogP contribution in [0.4, 0.5) is 11.4 Å². The topological polar surface area (TPSA) is 97.3 Å². The van der Waals surface area contributed by atoms with Crippen LogP contribution in [-0.4, -0.2) is 37.1 Å². The van der Waals surface area contributed by atoms with Gasteiger partial charge in [-0.25, -0.2) is 4.98 Å². The molecule has 0 spiro atoms. The number of aromatic nitrogens is 1. The van der Waals surface area contributed by atoms with Crippen molar-refractivity contribution in [3.05, 3.63) is 17.1 Å². The van der Waals surface area contributed by atoms with Crippen LogP contribution in [0.5, 0.6) is 0 Å². The highest BCUT2D eigenvalue weighted by Gasteiger charge is 2.20. The maximum absolute atomic E-state index is 11.4. The number of nitrogens with one attached hydrogen (secondary N) is 1. The lowest BCUT2D eigenvalue weighted by Gasteiger charge is -2.23. The summed E-state index contributed by atoms with van der Waals surface area (Å²) >= 11 is 1.26. The molecule has 1 aliphatic rings. The van der Waals surface area contributed by atoms with Crippen LogP contribution in [0, 0.1) is 0 Å². The largest absolute Gasteiger partial charge is 0.397 e. The summed E-state index contributed by atoms with van der Waals surface area (Å²) in [5.41, 5.74) is 13.0. The minimum atomic E-state index is -0.492. The van der Waals surface area contributed by atoms with Crippen LogP contribution >= 0.6 is 36.2 Å². The molecule has 5 N–H and O–H groups in total. The van der Waals surface area contributed by atoms with E-state index in [0.717, 1.165) is 48.5 Å². The normalized spacial score (nSPS) is 14.8. The first-order chi connectivity index (χ1) is 9.68. The smallest absolute Gasteiger partial charge is 0.260 e. The molecule has 0 unspecified atom stereocenters. The average molecular weight is 364 g/mol. The summed E-state index contributed by atoms with van der Waals surface area (Å²) in [6, 6.07) is 1.96. The summed E-state index contributed by atoms with van der Waals surface area (Å²) in [6.07, 6.45) is 2.84. The van der Waals surface area contributed by atoms with Gasteiger partial charge >= 0.3 is 0 Å². The van der Waals surface area contributed by atoms with Gasteiger partial charge in [0.1, 0.15) is 9.71 Å². The van der Waals surface area contributed by atoms with Crippen molar-refractivity contribution in [3.8, 4) is 0 Å². The van der Waals surface area contributed by atoms with Crippen LogP contribution in [0.1, 0.15) is 16.1 Å². The fraction of sp³-hybridized carbons (Fsp3) is 0.385. The Morgan fingerprint density at radius 1 is 1.32 bits per heavy atom. The first-order valence-corrected chi connectivity index (χ1v) is 7.42. The minimum Gasteiger partial charge on any atom is -0.397 e. The predicted molar refractivity (Wildman–Crippen MR) is 96.7 cm³/mol. The zero-order chi connectivity index (χ0) is 14.1. The van der Waals surface area contributed by atoms with Crippen molar-refractivity contribution in [2.24, 2.45) is 5.73 Å². The van der Waals surface area contributed by atoms with E-state index in [1.54, 1.807) is 6.20 Å². The summed E-state index contributed by atoms with van der Waals surface area (Å²) in [5, 5.41) is 4.23. The van der Waals surface area contributed by atoms with E-state index in [1.165, 1.54) is 11.3 Å². The maximum Gasteiger partial charge on any atom is 0.260 e. The monoisotopic (exact) mass is 363 g/mol. The summed E-state index contributed by atoms with van der Waals surface area (Å²) in [7, 11) is 0. The Morgan fingerprint density at radius 3 is 2.82 bits per heavy atom. The summed E-state index contributed by atoms with van der Waals surface area (Å²) in [4.78, 5) is 19.2. The standard InChI is InChI=1S/C13H17N5OS.2ClH/c14-10-9-8(18-6-1-3-16-5-7-18)2-4-17-13(9)20-11(10)12(15)19;;/h2,4,16H,1,3,5-7,14H2,(H2,15,19);2*1H. The Balaban J connectivity index is 0.00000121. The Kier molecular flexibility index (Phi) is 6.67. The number of nitrogen functional groups attached to an aromatic ring is 1. The van der Waals surface area contributed by atoms with Crippen LogP contribution in [-0.2, 0) is 0 Å². The summed E-state index contributed by atoms with van der Waals surface area (Å²) < 4.78 is 0. The Morgan fingerprint density at radius 2 is 2.09 bits per heavy atom. The fourth-order valence-corrected chi connectivity index (χ4v) is 3.50. The van der Waals surface area contributed by atoms with Gasteiger partial charge in [-0.15, -0.1) is 36.2 Å². The molecule has 1 saturated heterocycles. The van der Waals surface area contributed by atoms with E-state index in [0.29, 0.717) is 10.6 Å². The van der Waals surface area contributed by atoms with E-state index in [1.807, 2.05) is 6.07 Å². The highest BCUT2D eigenvalue weighted by Crippen LogP contribution is 2.38. The maximum atomic E-state index is 11.4. The van der Waals surface area contributed by atoms with Crippen molar-refractivity contribution >= 4 is 63.6 Å². The van der Waals surface area contributed by atoms with Crippen LogP contribution < -0.4 is 21.7 Å². The lowest BCUT2D eigenvalue weighted by Crippen LogP contribution is -2.28. The number of amides is 1. The van der Waals surface area contributed by atoms with E-state index in [2.05, 4.69) is 15.2 Å². The molecule has 0 aliphatic carbocycles. The molecule has 1 amide bonds. The summed E-state index contributed by atoms with van der Waals surface area (Å²) in [6.45, 7) is 3.85. The highest BCUT2D eigenvalue weighted by molar-refractivity contribution is 7.21. The van der Waals surface area contributed by atoms with Crippen molar-refractivity contribution in [1.29, 1.82) is 0 Å². The van der Waals surface area contributed by atoms with Crippen LogP contribution in [0.25, 0.3) is 10.2 Å². The van der Waals surface area contributed by atoms with E-state index in [9.17, 15) is 4.79 Å². The zero-order valence-corrected chi connectivity index (χ0v) is 14.3. The molecular formula is C13H19Cl2N5OS. The van der Waals surface area contributed by atoms with Gasteiger partial charge < -0.3 is 21.7 Å². The van der Waals surface area contributed by atoms with Gasteiger partial charge in [-0.2, -0.15) is 0 Å². The van der Waals surface area contributed by atoms with Gasteiger partial charge in [-0.05, 0) is 19.0 Å². The number of hydrogen-bond donors (Lipinski definition) is 3. The van der Waals surface area contributed by atoms with Crippen molar-refractivity contribution < 1.29 is 4.79 Å². The minimum absolute atomic E-state index is 0. The number of pyridine rings is 1. The fourth-order valence-electron chi connectivity index (χ4n) is 2.56.